The van der Waals surface area contributed by atoms with Crippen molar-refractivity contribution in [2.24, 2.45) is 5.73 Å². The van der Waals surface area contributed by atoms with Gasteiger partial charge in [-0.05, 0) is 6.92 Å². The normalized spacial score (nSPS) is 28.5. The van der Waals surface area contributed by atoms with Gasteiger partial charge in [0, 0.05) is 6.20 Å². The molecule has 1 heterocycles. The number of hydrogen-bond acceptors (Lipinski definition) is 3. The number of carbonyl (C=O) groups is 1. The Morgan fingerprint density at radius 3 is 2.67 bits per heavy atom. The molecule has 1 unspecified atom stereocenters. The summed E-state index contributed by atoms with van der Waals surface area (Å²) in [4.78, 5) is 9.28. The van der Waals surface area contributed by atoms with Gasteiger partial charge < -0.3 is 11.1 Å². The van der Waals surface area contributed by atoms with Crippen LogP contribution in [0, 0.1) is 0 Å². The summed E-state index contributed by atoms with van der Waals surface area (Å²) in [6.07, 6.45) is -1.32. The van der Waals surface area contributed by atoms with Crippen molar-refractivity contribution in [1.82, 2.24) is 5.32 Å². The molecule has 0 saturated carbocycles. The molecule has 0 bridgehead atoms. The fraction of sp³-hybridized carbons (Fsp3) is 0.500. The van der Waals surface area contributed by atoms with Gasteiger partial charge in [-0.15, -0.1) is 0 Å². The standard InChI is InChI=1S/C6H8F2N2OS/c1-6(5(7)8)10-2-3(12-6)4(9)11/h2,5,10H,1H3,(H2,9,11). The quantitative estimate of drug-likeness (QED) is 0.678. The first-order valence-electron chi connectivity index (χ1n) is 3.20. The van der Waals surface area contributed by atoms with Crippen molar-refractivity contribution in [2.45, 2.75) is 18.2 Å². The van der Waals surface area contributed by atoms with Gasteiger partial charge in [0.25, 0.3) is 12.3 Å². The van der Waals surface area contributed by atoms with Crippen LogP contribution in [0.5, 0.6) is 0 Å². The predicted octanol–water partition coefficient (Wildman–Crippen LogP) is 0.631. The lowest BCUT2D eigenvalue weighted by Gasteiger charge is -2.22. The summed E-state index contributed by atoms with van der Waals surface area (Å²) in [5.74, 6) is -0.683. The van der Waals surface area contributed by atoms with E-state index in [-0.39, 0.29) is 4.91 Å². The summed E-state index contributed by atoms with van der Waals surface area (Å²) in [5.41, 5.74) is 4.91. The Hall–Kier alpha value is -0.780. The Labute approximate surface area is 72.4 Å². The van der Waals surface area contributed by atoms with Gasteiger partial charge >= 0.3 is 0 Å². The number of rotatable bonds is 2. The summed E-state index contributed by atoms with van der Waals surface area (Å²) < 4.78 is 24.6. The minimum atomic E-state index is -2.55. The highest BCUT2D eigenvalue weighted by Gasteiger charge is 2.40. The number of hydrogen-bond donors (Lipinski definition) is 2. The first kappa shape index (κ1) is 9.31. The number of amides is 1. The average Bonchev–Trinajstić information content (AvgIpc) is 2.33. The van der Waals surface area contributed by atoms with Crippen LogP contribution in [-0.4, -0.2) is 17.2 Å². The molecule has 0 aromatic rings. The Morgan fingerprint density at radius 2 is 2.42 bits per heavy atom. The predicted molar refractivity (Wildman–Crippen MR) is 42.4 cm³/mol. The van der Waals surface area contributed by atoms with Gasteiger partial charge in [0.05, 0.1) is 4.91 Å². The monoisotopic (exact) mass is 194 g/mol. The average molecular weight is 194 g/mol. The van der Waals surface area contributed by atoms with E-state index in [0.29, 0.717) is 0 Å². The van der Waals surface area contributed by atoms with Gasteiger partial charge in [0.2, 0.25) is 0 Å². The molecule has 1 rings (SSSR count). The molecular weight excluding hydrogens is 186 g/mol. The van der Waals surface area contributed by atoms with E-state index in [4.69, 9.17) is 5.73 Å². The molecule has 0 aliphatic carbocycles. The van der Waals surface area contributed by atoms with Crippen LogP contribution in [0.4, 0.5) is 8.78 Å². The number of primary amides is 1. The van der Waals surface area contributed by atoms with E-state index < -0.39 is 17.2 Å². The third-order valence-corrected chi connectivity index (χ3v) is 2.73. The van der Waals surface area contributed by atoms with E-state index in [1.54, 1.807) is 0 Å². The first-order chi connectivity index (χ1) is 5.46. The molecule has 1 aliphatic heterocycles. The van der Waals surface area contributed by atoms with E-state index >= 15 is 0 Å². The second-order valence-corrected chi connectivity index (χ2v) is 4.02. The number of carbonyl (C=O) groups excluding carboxylic acids is 1. The molecule has 3 nitrogen and oxygen atoms in total. The van der Waals surface area contributed by atoms with Crippen LogP contribution in [0.25, 0.3) is 0 Å². The van der Waals surface area contributed by atoms with E-state index in [9.17, 15) is 13.6 Å². The first-order valence-corrected chi connectivity index (χ1v) is 4.02. The molecule has 1 atom stereocenters. The number of halogens is 2. The molecule has 0 aromatic carbocycles. The van der Waals surface area contributed by atoms with Crippen LogP contribution in [0.1, 0.15) is 6.92 Å². The molecule has 3 N–H and O–H groups in total. The summed E-state index contributed by atoms with van der Waals surface area (Å²) in [7, 11) is 0. The van der Waals surface area contributed by atoms with Gasteiger partial charge in [-0.2, -0.15) is 0 Å². The fourth-order valence-electron chi connectivity index (χ4n) is 0.725. The van der Waals surface area contributed by atoms with Crippen LogP contribution >= 0.6 is 11.8 Å². The molecule has 0 spiro atoms. The highest BCUT2D eigenvalue weighted by molar-refractivity contribution is 8.05. The molecular formula is C6H8F2N2OS. The maximum Gasteiger partial charge on any atom is 0.270 e. The lowest BCUT2D eigenvalue weighted by Crippen LogP contribution is -2.39. The topological polar surface area (TPSA) is 55.1 Å². The van der Waals surface area contributed by atoms with Crippen molar-refractivity contribution in [3.05, 3.63) is 11.1 Å². The largest absolute Gasteiger partial charge is 0.371 e. The Balaban J connectivity index is 2.68. The van der Waals surface area contributed by atoms with Gasteiger partial charge in [0.15, 0.2) is 0 Å². The van der Waals surface area contributed by atoms with Crippen molar-refractivity contribution >= 4 is 17.7 Å². The van der Waals surface area contributed by atoms with Crippen molar-refractivity contribution < 1.29 is 13.6 Å². The van der Waals surface area contributed by atoms with Crippen LogP contribution in [0.3, 0.4) is 0 Å². The summed E-state index contributed by atoms with van der Waals surface area (Å²) >= 11 is 0.755. The van der Waals surface area contributed by atoms with Gasteiger partial charge in [-0.1, -0.05) is 11.8 Å². The third-order valence-electron chi connectivity index (χ3n) is 1.47. The SMILES string of the molecule is CC1(C(F)F)NC=C(C(N)=O)S1. The smallest absolute Gasteiger partial charge is 0.270 e. The molecule has 0 aromatic heterocycles. The summed E-state index contributed by atoms with van der Waals surface area (Å²) in [6, 6.07) is 0. The third kappa shape index (κ3) is 1.52. The molecule has 0 saturated heterocycles. The van der Waals surface area contributed by atoms with Crippen molar-refractivity contribution in [3.63, 3.8) is 0 Å². The Bertz CT molecular complexity index is 244. The molecule has 1 aliphatic rings. The summed E-state index contributed by atoms with van der Waals surface area (Å²) in [5, 5.41) is 2.41. The van der Waals surface area contributed by atoms with Crippen LogP contribution in [0.15, 0.2) is 11.1 Å². The molecule has 0 radical (unpaired) electrons. The number of thioether (sulfide) groups is 1. The van der Waals surface area contributed by atoms with Crippen molar-refractivity contribution in [1.29, 1.82) is 0 Å². The van der Waals surface area contributed by atoms with Gasteiger partial charge in [-0.25, -0.2) is 8.78 Å². The Kier molecular flexibility index (Phi) is 2.27. The Morgan fingerprint density at radius 1 is 1.83 bits per heavy atom. The van der Waals surface area contributed by atoms with Gasteiger partial charge in [-0.3, -0.25) is 4.79 Å². The van der Waals surface area contributed by atoms with Crippen molar-refractivity contribution in [3.8, 4) is 0 Å². The maximum absolute atomic E-state index is 12.3. The zero-order valence-corrected chi connectivity index (χ0v) is 7.12. The summed E-state index contributed by atoms with van der Waals surface area (Å²) in [6.45, 7) is 1.31. The maximum atomic E-state index is 12.3. The molecule has 12 heavy (non-hydrogen) atoms. The molecule has 1 amide bonds. The highest BCUT2D eigenvalue weighted by atomic mass is 32.2. The molecule has 6 heteroatoms. The highest BCUT2D eigenvalue weighted by Crippen LogP contribution is 2.38. The van der Waals surface area contributed by atoms with E-state index in [1.165, 1.54) is 13.1 Å². The number of alkyl halides is 2. The zero-order valence-electron chi connectivity index (χ0n) is 6.30. The van der Waals surface area contributed by atoms with Crippen LogP contribution in [0.2, 0.25) is 0 Å². The number of nitrogens with one attached hydrogen (secondary N) is 1. The van der Waals surface area contributed by atoms with Crippen LogP contribution in [-0.2, 0) is 4.79 Å². The number of nitrogens with two attached hydrogens (primary N) is 1. The second-order valence-electron chi connectivity index (χ2n) is 2.53. The minimum absolute atomic E-state index is 0.137. The van der Waals surface area contributed by atoms with Crippen molar-refractivity contribution in [2.75, 3.05) is 0 Å². The lowest BCUT2D eigenvalue weighted by atomic mass is 10.3. The minimum Gasteiger partial charge on any atom is -0.371 e. The lowest BCUT2D eigenvalue weighted by molar-refractivity contribution is -0.113. The second kappa shape index (κ2) is 2.93. The van der Waals surface area contributed by atoms with E-state index in [0.717, 1.165) is 11.8 Å². The zero-order chi connectivity index (χ0) is 9.35. The molecule has 68 valence electrons. The van der Waals surface area contributed by atoms with Crippen LogP contribution < -0.4 is 11.1 Å². The molecule has 0 fully saturated rings. The van der Waals surface area contributed by atoms with E-state index in [2.05, 4.69) is 5.32 Å². The van der Waals surface area contributed by atoms with Gasteiger partial charge in [0.1, 0.15) is 4.87 Å². The fourth-order valence-corrected chi connectivity index (χ4v) is 1.61. The van der Waals surface area contributed by atoms with E-state index in [1.807, 2.05) is 0 Å².